The number of phenols is 4. The van der Waals surface area contributed by atoms with E-state index < -0.39 is 29.6 Å². The third-order valence-corrected chi connectivity index (χ3v) is 11.2. The van der Waals surface area contributed by atoms with Gasteiger partial charge in [-0.15, -0.1) is 0 Å². The average molecular weight is 1030 g/mol. The number of aromatic hydroxyl groups is 4. The first-order valence-electron chi connectivity index (χ1n) is 23.3. The highest BCUT2D eigenvalue weighted by atomic mass is 16.5. The van der Waals surface area contributed by atoms with Crippen LogP contribution in [0.25, 0.3) is 0 Å². The van der Waals surface area contributed by atoms with Gasteiger partial charge in [0.1, 0.15) is 52.4 Å². The van der Waals surface area contributed by atoms with Crippen LogP contribution < -0.4 is 10.0 Å². The molecule has 5 N–H and O–H groups in total. The minimum atomic E-state index is -1.18. The number of carboxylic acid groups (broad SMARTS) is 1. The van der Waals surface area contributed by atoms with Crippen molar-refractivity contribution in [3.05, 3.63) is 178 Å². The van der Waals surface area contributed by atoms with Gasteiger partial charge in [-0.05, 0) is 109 Å². The molecule has 0 bridgehead atoms. The fourth-order valence-electron chi connectivity index (χ4n) is 7.58. The Labute approximate surface area is 441 Å². The fraction of sp³-hybridized carbons (Fsp3) is 0.317. The maximum Gasteiger partial charge on any atom is 0.342 e. The van der Waals surface area contributed by atoms with Crippen molar-refractivity contribution in [3.8, 4) is 28.7 Å². The van der Waals surface area contributed by atoms with Gasteiger partial charge < -0.3 is 49.7 Å². The van der Waals surface area contributed by atoms with E-state index in [9.17, 15) is 44.4 Å². The van der Waals surface area contributed by atoms with Gasteiger partial charge in [0.2, 0.25) is 0 Å². The molecule has 1 saturated carbocycles. The van der Waals surface area contributed by atoms with Crippen molar-refractivity contribution in [1.29, 1.82) is 0 Å². The number of esters is 3. The van der Waals surface area contributed by atoms with Crippen molar-refractivity contribution in [2.75, 3.05) is 26.1 Å². The zero-order valence-corrected chi connectivity index (χ0v) is 42.7. The van der Waals surface area contributed by atoms with Crippen LogP contribution in [0.4, 0.5) is 5.69 Å². The molecule has 2 unspecified atom stereocenters. The van der Waals surface area contributed by atoms with E-state index >= 15 is 0 Å². The summed E-state index contributed by atoms with van der Waals surface area (Å²) in [4.78, 5) is 57.8. The van der Waals surface area contributed by atoms with Crippen molar-refractivity contribution in [2.45, 2.75) is 94.3 Å². The minimum absolute atomic E-state index is 0. The van der Waals surface area contributed by atoms with Crippen LogP contribution in [0, 0.1) is 11.3 Å². The highest BCUT2D eigenvalue weighted by Crippen LogP contribution is 2.40. The summed E-state index contributed by atoms with van der Waals surface area (Å²) >= 11 is 0. The molecule has 0 aromatic heterocycles. The summed E-state index contributed by atoms with van der Waals surface area (Å²) in [6.45, 7) is 12.5. The summed E-state index contributed by atoms with van der Waals surface area (Å²) in [6, 6.07) is 37.7. The number of methoxy groups -OCH3 is 1. The van der Waals surface area contributed by atoms with Gasteiger partial charge in [-0.3, -0.25) is 4.79 Å². The van der Waals surface area contributed by atoms with Crippen molar-refractivity contribution in [2.24, 2.45) is 11.3 Å². The average Bonchev–Trinajstić information content (AvgIpc) is 3.33. The number of Topliss-reactive ketones (excluding diaryl/α,β-unsaturated/α-hetero) is 1. The lowest BCUT2D eigenvalue weighted by Crippen LogP contribution is -2.34. The Morgan fingerprint density at radius 3 is 1.51 bits per heavy atom. The quantitative estimate of drug-likeness (QED) is 0.0487. The summed E-state index contributed by atoms with van der Waals surface area (Å²) in [5, 5.41) is 56.9. The topological polar surface area (TPSA) is 240 Å². The van der Waals surface area contributed by atoms with E-state index in [1.54, 1.807) is 60.7 Å². The molecule has 1 aliphatic carbocycles. The van der Waals surface area contributed by atoms with Crippen molar-refractivity contribution < 1.29 is 68.8 Å². The molecular weight excluding hydrogens is 959 g/mol. The predicted molar refractivity (Wildman–Crippen MR) is 290 cm³/mol. The summed E-state index contributed by atoms with van der Waals surface area (Å²) < 4.78 is 15.3. The van der Waals surface area contributed by atoms with Gasteiger partial charge in [0, 0.05) is 25.8 Å². The molecule has 7 rings (SSSR count). The number of carboxylic acids is 1. The summed E-state index contributed by atoms with van der Waals surface area (Å²) in [7, 11) is 4.99. The molecule has 0 spiro atoms. The molecule has 15 nitrogen and oxygen atoms in total. The number of ketones is 1. The molecule has 1 fully saturated rings. The molecule has 0 amide bonds. The van der Waals surface area contributed by atoms with Crippen LogP contribution >= 0.6 is 0 Å². The molecule has 404 valence electrons. The van der Waals surface area contributed by atoms with E-state index in [0.29, 0.717) is 17.4 Å². The molecule has 2 atom stereocenters. The molecule has 0 radical (unpaired) electrons. The van der Waals surface area contributed by atoms with Crippen LogP contribution in [-0.4, -0.2) is 82.5 Å². The largest absolute Gasteiger partial charge is 0.872 e. The van der Waals surface area contributed by atoms with Crippen LogP contribution in [0.2, 0.25) is 0 Å². The number of aromatic carboxylic acids is 1. The predicted octanol–water partition coefficient (Wildman–Crippen LogP) is 12.2. The molecular formula is C60H74NO14-. The Morgan fingerprint density at radius 2 is 1.11 bits per heavy atom. The van der Waals surface area contributed by atoms with Crippen molar-refractivity contribution in [1.82, 2.24) is 0 Å². The summed E-state index contributed by atoms with van der Waals surface area (Å²) in [6.07, 6.45) is 2.91. The molecule has 0 aliphatic heterocycles. The second-order valence-corrected chi connectivity index (χ2v) is 18.4. The third-order valence-electron chi connectivity index (χ3n) is 11.2. The van der Waals surface area contributed by atoms with E-state index in [1.807, 2.05) is 43.3 Å². The van der Waals surface area contributed by atoms with E-state index in [4.69, 9.17) is 19.7 Å². The smallest absolute Gasteiger partial charge is 0.342 e. The number of hydrogen-bond acceptors (Lipinski definition) is 14. The van der Waals surface area contributed by atoms with Crippen LogP contribution in [0.5, 0.6) is 28.7 Å². The zero-order valence-electron chi connectivity index (χ0n) is 42.7. The third kappa shape index (κ3) is 21.3. The zero-order chi connectivity index (χ0) is 54.4. The molecule has 1 aliphatic rings. The number of hydrogen-bond donors (Lipinski definition) is 5. The Balaban J connectivity index is 0.000000479. The first-order chi connectivity index (χ1) is 34.4. The summed E-state index contributed by atoms with van der Waals surface area (Å²) in [5.74, 6) is -2.27. The Kier molecular flexibility index (Phi) is 27.0. The van der Waals surface area contributed by atoms with Crippen molar-refractivity contribution >= 4 is 35.3 Å². The number of ether oxygens (including phenoxy) is 3. The van der Waals surface area contributed by atoms with Crippen LogP contribution in [0.15, 0.2) is 140 Å². The SMILES string of the molecule is C.C.CC(=O)c1ccccc1O.CC(C)c1ccc(COC(=O)c2ccccc2O)cc1.CC1CC(OC(=O)c2ccccc2O)CC(C)(C)C1.COC(=O)c1ccc(N(C)C)cc1O.O=C(O)c1ccccc1[O-]. The second kappa shape index (κ2) is 31.3. The first kappa shape index (κ1) is 64.7. The number of anilines is 1. The molecule has 0 heterocycles. The number of benzene rings is 6. The van der Waals surface area contributed by atoms with Gasteiger partial charge in [-0.2, -0.15) is 0 Å². The molecule has 6 aromatic carbocycles. The van der Waals surface area contributed by atoms with Crippen molar-refractivity contribution in [3.63, 3.8) is 0 Å². The van der Waals surface area contributed by atoms with Gasteiger partial charge >= 0.3 is 23.9 Å². The van der Waals surface area contributed by atoms with E-state index in [2.05, 4.69) is 39.4 Å². The minimum Gasteiger partial charge on any atom is -0.872 e. The van der Waals surface area contributed by atoms with Crippen LogP contribution in [-0.2, 0) is 20.8 Å². The lowest BCUT2D eigenvalue weighted by molar-refractivity contribution is -0.268. The van der Waals surface area contributed by atoms with Gasteiger partial charge in [0.25, 0.3) is 0 Å². The summed E-state index contributed by atoms with van der Waals surface area (Å²) in [5.41, 5.74) is 4.03. The standard InChI is InChI=1S/C17H18O3.C16H22O3.C10H13NO3.C8H8O2.C7H6O3.2CH4/c1-12(2)14-9-7-13(8-10-14)11-20-17(19)15-5-3-4-6-16(15)18;1-11-8-12(10-16(2,3)9-11)19-15(18)13-6-4-5-7-14(13)17;1-11(2)7-4-5-8(9(12)6-7)10(13)14-3;1-6(9)7-4-2-3-5-8(7)10;8-6-4-2-1-3-5(6)7(9)10;;/h3-10,12,18H,11H2,1-2H3;4-7,11-12,17H,8-10H2,1-3H3;4-6,12H,1-3H3;2-5,10H,1H3;1-4,8H,(H,9,10);2*1H4/p-1. The first-order valence-corrected chi connectivity index (χ1v) is 23.3. The number of phenolic OH excluding ortho intramolecular Hbond substituents is 4. The monoisotopic (exact) mass is 1030 g/mol. The van der Waals surface area contributed by atoms with Crippen LogP contribution in [0.1, 0.15) is 144 Å². The molecule has 0 saturated heterocycles. The molecule has 75 heavy (non-hydrogen) atoms. The number of rotatable bonds is 10. The van der Waals surface area contributed by atoms with E-state index in [-0.39, 0.29) is 84.0 Å². The van der Waals surface area contributed by atoms with Gasteiger partial charge in [-0.1, -0.05) is 134 Å². The molecule has 6 aromatic rings. The Hall–Kier alpha value is -8.33. The fourth-order valence-corrected chi connectivity index (χ4v) is 7.58. The van der Waals surface area contributed by atoms with Crippen LogP contribution in [0.3, 0.4) is 0 Å². The lowest BCUT2D eigenvalue weighted by Gasteiger charge is -2.38. The van der Waals surface area contributed by atoms with Gasteiger partial charge in [0.05, 0.1) is 18.2 Å². The second-order valence-electron chi connectivity index (χ2n) is 18.4. The maximum absolute atomic E-state index is 12.1. The number of para-hydroxylation sites is 4. The van der Waals surface area contributed by atoms with E-state index in [1.165, 1.54) is 74.2 Å². The normalized spacial score (nSPS) is 13.6. The maximum atomic E-state index is 12.1. The van der Waals surface area contributed by atoms with Gasteiger partial charge in [0.15, 0.2) is 5.78 Å². The number of carbonyl (C=O) groups is 5. The number of carbonyl (C=O) groups excluding carboxylic acids is 4. The highest BCUT2D eigenvalue weighted by molar-refractivity contribution is 5.96. The number of nitrogens with zero attached hydrogens (tertiary/aromatic N) is 1. The van der Waals surface area contributed by atoms with E-state index in [0.717, 1.165) is 30.5 Å². The lowest BCUT2D eigenvalue weighted by atomic mass is 9.71. The Morgan fingerprint density at radius 1 is 0.640 bits per heavy atom. The molecule has 15 heteroatoms. The Bertz CT molecular complexity index is 2710. The van der Waals surface area contributed by atoms with Gasteiger partial charge in [-0.25, -0.2) is 19.2 Å². The highest BCUT2D eigenvalue weighted by Gasteiger charge is 2.34.